The van der Waals surface area contributed by atoms with Crippen molar-refractivity contribution in [3.63, 3.8) is 0 Å². The number of aromatic nitrogens is 1. The molecule has 2 bridgehead atoms. The van der Waals surface area contributed by atoms with Crippen LogP contribution in [0.5, 0.6) is 5.88 Å². The fourth-order valence-corrected chi connectivity index (χ4v) is 6.36. The molecule has 2 aliphatic heterocycles. The number of aryl methyl sites for hydroxylation is 1. The second-order valence-electron chi connectivity index (χ2n) is 6.19. The quantitative estimate of drug-likeness (QED) is 0.900. The summed E-state index contributed by atoms with van der Waals surface area (Å²) in [6, 6.07) is 3.54. The molecule has 2 atom stereocenters. The molecule has 3 rings (SSSR count). The van der Waals surface area contributed by atoms with Crippen LogP contribution in [-0.4, -0.2) is 36.1 Å². The SMILES string of the molecule is COc1ccc(C2(O)CC3CCCC(C2)S3(=O)=O)c(C)n1. The van der Waals surface area contributed by atoms with Crippen LogP contribution in [0.1, 0.15) is 43.4 Å². The van der Waals surface area contributed by atoms with Gasteiger partial charge in [-0.15, -0.1) is 0 Å². The molecule has 6 heteroatoms. The molecule has 3 heterocycles. The van der Waals surface area contributed by atoms with Gasteiger partial charge in [-0.25, -0.2) is 13.4 Å². The van der Waals surface area contributed by atoms with Crippen LogP contribution in [0.3, 0.4) is 0 Å². The van der Waals surface area contributed by atoms with Crippen LogP contribution in [-0.2, 0) is 15.4 Å². The van der Waals surface area contributed by atoms with Gasteiger partial charge in [-0.3, -0.25) is 0 Å². The monoisotopic (exact) mass is 311 g/mol. The number of hydrogen-bond acceptors (Lipinski definition) is 5. The van der Waals surface area contributed by atoms with Crippen molar-refractivity contribution in [1.29, 1.82) is 0 Å². The molecule has 5 nitrogen and oxygen atoms in total. The van der Waals surface area contributed by atoms with Crippen molar-refractivity contribution in [3.8, 4) is 5.88 Å². The number of rotatable bonds is 2. The molecule has 0 saturated carbocycles. The first-order valence-electron chi connectivity index (χ1n) is 7.34. The van der Waals surface area contributed by atoms with E-state index in [1.807, 2.05) is 13.0 Å². The van der Waals surface area contributed by atoms with E-state index in [2.05, 4.69) is 4.98 Å². The summed E-state index contributed by atoms with van der Waals surface area (Å²) < 4.78 is 29.8. The van der Waals surface area contributed by atoms with E-state index in [-0.39, 0.29) is 12.8 Å². The first kappa shape index (κ1) is 14.8. The Bertz CT molecular complexity index is 636. The zero-order valence-electron chi connectivity index (χ0n) is 12.4. The van der Waals surface area contributed by atoms with E-state index in [0.717, 1.165) is 12.0 Å². The fourth-order valence-electron chi connectivity index (χ4n) is 3.81. The zero-order valence-corrected chi connectivity index (χ0v) is 13.2. The van der Waals surface area contributed by atoms with Crippen molar-refractivity contribution < 1.29 is 18.3 Å². The second kappa shape index (κ2) is 4.95. The molecule has 2 unspecified atom stereocenters. The lowest BCUT2D eigenvalue weighted by molar-refractivity contribution is 0.00403. The highest BCUT2D eigenvalue weighted by Crippen LogP contribution is 2.46. The highest BCUT2D eigenvalue weighted by atomic mass is 32.2. The van der Waals surface area contributed by atoms with E-state index in [1.54, 1.807) is 13.2 Å². The Morgan fingerprint density at radius 3 is 2.43 bits per heavy atom. The Hall–Kier alpha value is -1.14. The Morgan fingerprint density at radius 1 is 1.29 bits per heavy atom. The minimum absolute atomic E-state index is 0.278. The molecule has 0 aliphatic carbocycles. The molecule has 0 aromatic carbocycles. The summed E-state index contributed by atoms with van der Waals surface area (Å²) in [4.78, 5) is 4.31. The van der Waals surface area contributed by atoms with Gasteiger partial charge in [-0.2, -0.15) is 0 Å². The molecule has 2 fully saturated rings. The molecule has 1 N–H and O–H groups in total. The molecular formula is C15H21NO4S. The molecular weight excluding hydrogens is 290 g/mol. The third-order valence-electron chi connectivity index (χ3n) is 4.88. The minimum Gasteiger partial charge on any atom is -0.481 e. The number of nitrogens with zero attached hydrogens (tertiary/aromatic N) is 1. The van der Waals surface area contributed by atoms with Gasteiger partial charge >= 0.3 is 0 Å². The van der Waals surface area contributed by atoms with Gasteiger partial charge in [0.15, 0.2) is 9.84 Å². The number of hydrogen-bond donors (Lipinski definition) is 1. The van der Waals surface area contributed by atoms with E-state index in [9.17, 15) is 13.5 Å². The maximum Gasteiger partial charge on any atom is 0.213 e. The summed E-state index contributed by atoms with van der Waals surface area (Å²) >= 11 is 0. The van der Waals surface area contributed by atoms with Gasteiger partial charge in [0.05, 0.1) is 23.2 Å². The van der Waals surface area contributed by atoms with E-state index in [4.69, 9.17) is 4.74 Å². The van der Waals surface area contributed by atoms with Gasteiger partial charge in [0.1, 0.15) is 0 Å². The normalized spacial score (nSPS) is 34.4. The predicted octanol–water partition coefficient (Wildman–Crippen LogP) is 1.72. The van der Waals surface area contributed by atoms with E-state index >= 15 is 0 Å². The van der Waals surface area contributed by atoms with Crippen LogP contribution >= 0.6 is 0 Å². The zero-order chi connectivity index (χ0) is 15.3. The van der Waals surface area contributed by atoms with Crippen LogP contribution < -0.4 is 4.74 Å². The van der Waals surface area contributed by atoms with Crippen LogP contribution in [0.2, 0.25) is 0 Å². The number of methoxy groups -OCH3 is 1. The molecule has 2 aliphatic rings. The second-order valence-corrected chi connectivity index (χ2v) is 8.70. The van der Waals surface area contributed by atoms with Crippen LogP contribution in [0.15, 0.2) is 12.1 Å². The average Bonchev–Trinajstić information content (AvgIpc) is 2.40. The molecule has 2 saturated heterocycles. The topological polar surface area (TPSA) is 76.5 Å². The van der Waals surface area contributed by atoms with Crippen molar-refractivity contribution in [2.75, 3.05) is 7.11 Å². The Morgan fingerprint density at radius 2 is 1.90 bits per heavy atom. The third kappa shape index (κ3) is 2.34. The largest absolute Gasteiger partial charge is 0.481 e. The van der Waals surface area contributed by atoms with Crippen molar-refractivity contribution in [2.45, 2.75) is 55.1 Å². The predicted molar refractivity (Wildman–Crippen MR) is 79.0 cm³/mol. The van der Waals surface area contributed by atoms with Crippen molar-refractivity contribution in [1.82, 2.24) is 4.98 Å². The van der Waals surface area contributed by atoms with E-state index in [0.29, 0.717) is 24.4 Å². The standard InChI is InChI=1S/C15H21NO4S/c1-10-13(6-7-14(16-10)20-2)15(17)8-11-4-3-5-12(9-15)21(11,18)19/h6-7,11-12,17H,3-5,8-9H2,1-2H3. The number of fused-ring (bicyclic) bond motifs is 2. The summed E-state index contributed by atoms with van der Waals surface area (Å²) in [5, 5.41) is 10.2. The first-order valence-corrected chi connectivity index (χ1v) is 8.95. The molecule has 1 aromatic rings. The van der Waals surface area contributed by atoms with Crippen molar-refractivity contribution in [2.24, 2.45) is 0 Å². The number of aliphatic hydroxyl groups is 1. The highest BCUT2D eigenvalue weighted by Gasteiger charge is 2.51. The Balaban J connectivity index is 1.99. The third-order valence-corrected chi connectivity index (χ3v) is 7.55. The molecule has 0 amide bonds. The van der Waals surface area contributed by atoms with Gasteiger partial charge in [0.2, 0.25) is 5.88 Å². The number of sulfone groups is 1. The lowest BCUT2D eigenvalue weighted by Crippen LogP contribution is -2.50. The fraction of sp³-hybridized carbons (Fsp3) is 0.667. The molecule has 0 spiro atoms. The van der Waals surface area contributed by atoms with Gasteiger partial charge in [-0.1, -0.05) is 6.42 Å². The molecule has 21 heavy (non-hydrogen) atoms. The summed E-state index contributed by atoms with van der Waals surface area (Å²) in [6.45, 7) is 1.83. The maximum atomic E-state index is 12.4. The highest BCUT2D eigenvalue weighted by molar-refractivity contribution is 7.92. The minimum atomic E-state index is -3.08. The van der Waals surface area contributed by atoms with Gasteiger partial charge < -0.3 is 9.84 Å². The molecule has 116 valence electrons. The smallest absolute Gasteiger partial charge is 0.213 e. The number of pyridine rings is 1. The van der Waals surface area contributed by atoms with Crippen LogP contribution in [0, 0.1) is 6.92 Å². The average molecular weight is 311 g/mol. The first-order chi connectivity index (χ1) is 9.87. The molecule has 1 aromatic heterocycles. The van der Waals surface area contributed by atoms with E-state index < -0.39 is 25.9 Å². The summed E-state index contributed by atoms with van der Waals surface area (Å²) in [5.74, 6) is 0.503. The van der Waals surface area contributed by atoms with E-state index in [1.165, 1.54) is 0 Å². The molecule has 0 radical (unpaired) electrons. The van der Waals surface area contributed by atoms with Crippen molar-refractivity contribution >= 4 is 9.84 Å². The maximum absolute atomic E-state index is 12.4. The van der Waals surface area contributed by atoms with Crippen molar-refractivity contribution in [3.05, 3.63) is 23.4 Å². The van der Waals surface area contributed by atoms with Crippen LogP contribution in [0.25, 0.3) is 0 Å². The van der Waals surface area contributed by atoms with Gasteiger partial charge in [-0.05, 0) is 38.7 Å². The summed E-state index contributed by atoms with van der Waals surface area (Å²) in [5.41, 5.74) is 0.342. The van der Waals surface area contributed by atoms with Gasteiger partial charge in [0.25, 0.3) is 0 Å². The van der Waals surface area contributed by atoms with Gasteiger partial charge in [0, 0.05) is 17.3 Å². The lowest BCUT2D eigenvalue weighted by atomic mass is 9.80. The van der Waals surface area contributed by atoms with Crippen LogP contribution in [0.4, 0.5) is 0 Å². The lowest BCUT2D eigenvalue weighted by Gasteiger charge is -2.44. The Kier molecular flexibility index (Phi) is 3.48. The Labute approximate surface area is 125 Å². The number of ether oxygens (including phenoxy) is 1. The summed E-state index contributed by atoms with van der Waals surface area (Å²) in [6.07, 6.45) is 2.80. The summed E-state index contributed by atoms with van der Waals surface area (Å²) in [7, 11) is -1.53.